The molecule has 0 unspecified atom stereocenters. The van der Waals surface area contributed by atoms with E-state index in [0.717, 1.165) is 25.7 Å². The lowest BCUT2D eigenvalue weighted by Crippen LogP contribution is -2.46. The molecule has 2 aliphatic rings. The molecule has 0 spiro atoms. The second-order valence-corrected chi connectivity index (χ2v) is 5.12. The van der Waals surface area contributed by atoms with E-state index in [9.17, 15) is 14.4 Å². The predicted molar refractivity (Wildman–Crippen MR) is 62.8 cm³/mol. The van der Waals surface area contributed by atoms with Crippen molar-refractivity contribution in [2.45, 2.75) is 44.6 Å². The van der Waals surface area contributed by atoms with E-state index in [4.69, 9.17) is 5.11 Å². The van der Waals surface area contributed by atoms with Crippen LogP contribution in [0.25, 0.3) is 0 Å². The average molecular weight is 254 g/mol. The summed E-state index contributed by atoms with van der Waals surface area (Å²) in [4.78, 5) is 33.1. The maximum atomic E-state index is 11.6. The minimum atomic E-state index is -1.04. The topological polar surface area (TPSA) is 95.5 Å². The molecule has 0 radical (unpaired) electrons. The molecule has 6 nitrogen and oxygen atoms in total. The van der Waals surface area contributed by atoms with Gasteiger partial charge in [0.05, 0.1) is 6.42 Å². The van der Waals surface area contributed by atoms with Gasteiger partial charge in [-0.2, -0.15) is 0 Å². The largest absolute Gasteiger partial charge is 0.481 e. The van der Waals surface area contributed by atoms with Crippen LogP contribution in [0.15, 0.2) is 0 Å². The van der Waals surface area contributed by atoms with E-state index in [2.05, 4.69) is 10.6 Å². The first-order chi connectivity index (χ1) is 8.56. The van der Waals surface area contributed by atoms with Crippen LogP contribution >= 0.6 is 0 Å². The molecule has 0 aromatic carbocycles. The van der Waals surface area contributed by atoms with Gasteiger partial charge in [-0.15, -0.1) is 0 Å². The summed E-state index contributed by atoms with van der Waals surface area (Å²) in [5.74, 6) is -0.450. The smallest absolute Gasteiger partial charge is 0.321 e. The number of hydrogen-bond acceptors (Lipinski definition) is 3. The number of carboxylic acids is 1. The third kappa shape index (κ3) is 4.01. The second-order valence-electron chi connectivity index (χ2n) is 5.12. The van der Waals surface area contributed by atoms with Gasteiger partial charge in [0.2, 0.25) is 5.91 Å². The molecule has 100 valence electrons. The molecule has 0 heterocycles. The summed E-state index contributed by atoms with van der Waals surface area (Å²) in [6.45, 7) is 0. The van der Waals surface area contributed by atoms with Crippen molar-refractivity contribution in [1.29, 1.82) is 0 Å². The van der Waals surface area contributed by atoms with Crippen LogP contribution in [-0.4, -0.2) is 29.1 Å². The fraction of sp³-hybridized carbons (Fsp3) is 0.750. The Labute approximate surface area is 105 Å². The first-order valence-corrected chi connectivity index (χ1v) is 6.38. The molecule has 6 heteroatoms. The molecule has 0 bridgehead atoms. The van der Waals surface area contributed by atoms with Crippen molar-refractivity contribution in [3.05, 3.63) is 0 Å². The van der Waals surface area contributed by atoms with Crippen LogP contribution in [0.3, 0.4) is 0 Å². The molecule has 2 saturated carbocycles. The van der Waals surface area contributed by atoms with Crippen molar-refractivity contribution in [2.75, 3.05) is 0 Å². The molecule has 2 fully saturated rings. The van der Waals surface area contributed by atoms with Gasteiger partial charge in [0.25, 0.3) is 0 Å². The Morgan fingerprint density at radius 1 is 1.06 bits per heavy atom. The molecule has 2 aliphatic carbocycles. The maximum absolute atomic E-state index is 11.6. The van der Waals surface area contributed by atoms with Gasteiger partial charge in [-0.1, -0.05) is 0 Å². The summed E-state index contributed by atoms with van der Waals surface area (Å²) in [6.07, 6.45) is 4.17. The molecular weight excluding hydrogens is 236 g/mol. The molecule has 3 amide bonds. The number of aliphatic carboxylic acids is 1. The second kappa shape index (κ2) is 5.37. The molecule has 0 aliphatic heterocycles. The lowest BCUT2D eigenvalue weighted by Gasteiger charge is -2.17. The molecular formula is C12H18N2O4. The Morgan fingerprint density at radius 3 is 2.06 bits per heavy atom. The van der Waals surface area contributed by atoms with Crippen LogP contribution in [0, 0.1) is 11.8 Å². The lowest BCUT2D eigenvalue weighted by atomic mass is 10.1. The van der Waals surface area contributed by atoms with Crippen molar-refractivity contribution >= 4 is 17.9 Å². The van der Waals surface area contributed by atoms with Crippen molar-refractivity contribution in [3.8, 4) is 0 Å². The van der Waals surface area contributed by atoms with Gasteiger partial charge in [0, 0.05) is 12.5 Å². The van der Waals surface area contributed by atoms with Gasteiger partial charge in [-0.05, 0) is 37.5 Å². The van der Waals surface area contributed by atoms with E-state index in [1.165, 1.54) is 0 Å². The quantitative estimate of drug-likeness (QED) is 0.655. The van der Waals surface area contributed by atoms with Crippen molar-refractivity contribution in [3.63, 3.8) is 0 Å². The molecule has 0 atom stereocenters. The number of hydrogen-bond donors (Lipinski definition) is 3. The van der Waals surface area contributed by atoms with Crippen LogP contribution in [0.4, 0.5) is 4.79 Å². The van der Waals surface area contributed by atoms with Crippen molar-refractivity contribution in [1.82, 2.24) is 10.6 Å². The number of carboxylic acid groups (broad SMARTS) is 1. The minimum Gasteiger partial charge on any atom is -0.481 e. The van der Waals surface area contributed by atoms with Gasteiger partial charge in [0.15, 0.2) is 0 Å². The molecule has 3 N–H and O–H groups in total. The monoisotopic (exact) mass is 254 g/mol. The standard InChI is InChI=1S/C12H18N2O4/c15-9(5-6-10(16)17)13-12(18)14-11(7-1-2-7)8-3-4-8/h7-8,11H,1-6H2,(H,16,17)(H2,13,14,15,18). The SMILES string of the molecule is O=C(O)CCC(=O)NC(=O)NC(C1CC1)C1CC1. The molecule has 0 aromatic rings. The maximum Gasteiger partial charge on any atom is 0.321 e. The summed E-state index contributed by atoms with van der Waals surface area (Å²) in [6, 6.07) is -0.300. The summed E-state index contributed by atoms with van der Waals surface area (Å²) in [7, 11) is 0. The Morgan fingerprint density at radius 2 is 1.61 bits per heavy atom. The predicted octanol–water partition coefficient (Wildman–Crippen LogP) is 0.866. The molecule has 18 heavy (non-hydrogen) atoms. The lowest BCUT2D eigenvalue weighted by molar-refractivity contribution is -0.138. The zero-order valence-corrected chi connectivity index (χ0v) is 10.1. The highest BCUT2D eigenvalue weighted by Crippen LogP contribution is 2.44. The Bertz CT molecular complexity index is 349. The summed E-state index contributed by atoms with van der Waals surface area (Å²) < 4.78 is 0. The van der Waals surface area contributed by atoms with Crippen molar-refractivity contribution in [2.24, 2.45) is 11.8 Å². The van der Waals surface area contributed by atoms with E-state index in [0.29, 0.717) is 11.8 Å². The Balaban J connectivity index is 1.70. The third-order valence-corrected chi connectivity index (χ3v) is 3.38. The number of urea groups is 1. The number of rotatable bonds is 6. The average Bonchev–Trinajstić information content (AvgIpc) is 3.15. The Kier molecular flexibility index (Phi) is 3.84. The van der Waals surface area contributed by atoms with Crippen LogP contribution in [0.1, 0.15) is 38.5 Å². The van der Waals surface area contributed by atoms with Gasteiger partial charge in [0.1, 0.15) is 0 Å². The first kappa shape index (κ1) is 12.9. The molecule has 0 aromatic heterocycles. The Hall–Kier alpha value is -1.59. The van der Waals surface area contributed by atoms with Crippen LogP contribution in [-0.2, 0) is 9.59 Å². The van der Waals surface area contributed by atoms with Crippen LogP contribution in [0.5, 0.6) is 0 Å². The van der Waals surface area contributed by atoms with Gasteiger partial charge in [-0.25, -0.2) is 4.79 Å². The van der Waals surface area contributed by atoms with E-state index < -0.39 is 17.9 Å². The van der Waals surface area contributed by atoms with Gasteiger partial charge in [-0.3, -0.25) is 14.9 Å². The molecule has 2 rings (SSSR count). The van der Waals surface area contributed by atoms with E-state index in [1.807, 2.05) is 0 Å². The number of carbonyl (C=O) groups excluding carboxylic acids is 2. The fourth-order valence-electron chi connectivity index (χ4n) is 2.13. The number of amides is 3. The van der Waals surface area contributed by atoms with Gasteiger partial charge >= 0.3 is 12.0 Å². The van der Waals surface area contributed by atoms with Crippen LogP contribution < -0.4 is 10.6 Å². The highest BCUT2D eigenvalue weighted by molar-refractivity contribution is 5.95. The summed E-state index contributed by atoms with van der Waals surface area (Å²) in [5.41, 5.74) is 0. The van der Waals surface area contributed by atoms with Gasteiger partial charge < -0.3 is 10.4 Å². The first-order valence-electron chi connectivity index (χ1n) is 6.38. The fourth-order valence-corrected chi connectivity index (χ4v) is 2.13. The van der Waals surface area contributed by atoms with E-state index in [-0.39, 0.29) is 18.9 Å². The third-order valence-electron chi connectivity index (χ3n) is 3.38. The number of imide groups is 1. The zero-order valence-electron chi connectivity index (χ0n) is 10.1. The highest BCUT2D eigenvalue weighted by Gasteiger charge is 2.42. The number of nitrogens with one attached hydrogen (secondary N) is 2. The molecule has 0 saturated heterocycles. The normalized spacial score (nSPS) is 18.5. The highest BCUT2D eigenvalue weighted by atomic mass is 16.4. The minimum absolute atomic E-state index is 0.166. The zero-order chi connectivity index (χ0) is 13.1. The van der Waals surface area contributed by atoms with E-state index >= 15 is 0 Å². The van der Waals surface area contributed by atoms with Crippen molar-refractivity contribution < 1.29 is 19.5 Å². The van der Waals surface area contributed by atoms with Crippen LogP contribution in [0.2, 0.25) is 0 Å². The van der Waals surface area contributed by atoms with E-state index in [1.54, 1.807) is 0 Å². The summed E-state index contributed by atoms with van der Waals surface area (Å²) >= 11 is 0. The number of carbonyl (C=O) groups is 3. The summed E-state index contributed by atoms with van der Waals surface area (Å²) in [5, 5.41) is 13.4.